The van der Waals surface area contributed by atoms with E-state index in [0.29, 0.717) is 37.0 Å². The molecule has 9 nitrogen and oxygen atoms in total. The Bertz CT molecular complexity index is 1040. The summed E-state index contributed by atoms with van der Waals surface area (Å²) in [4.78, 5) is 25.2. The third-order valence-electron chi connectivity index (χ3n) is 5.41. The normalized spacial score (nSPS) is 14.2. The molecule has 162 valence electrons. The monoisotopic (exact) mass is 421 g/mol. The summed E-state index contributed by atoms with van der Waals surface area (Å²) >= 11 is 0. The van der Waals surface area contributed by atoms with E-state index in [2.05, 4.69) is 25.4 Å². The smallest absolute Gasteiger partial charge is 0.268 e. The number of hydrogen-bond acceptors (Lipinski definition) is 8. The standard InChI is InChI=1S/C22H27N7O2/c1-4-19(30)29-11-9-28(10-12-29)18-14-24-15(2)20(25-18)22-27-26-21(31-22)17-7-5-16(6-8-17)13-23-3/h5-8,14,23H,4,9-13H2,1-3H3. The highest BCUT2D eigenvalue weighted by Crippen LogP contribution is 2.26. The maximum Gasteiger partial charge on any atom is 0.268 e. The van der Waals surface area contributed by atoms with Gasteiger partial charge in [0.1, 0.15) is 5.82 Å². The Labute approximate surface area is 181 Å². The van der Waals surface area contributed by atoms with Gasteiger partial charge in [-0.05, 0) is 31.7 Å². The molecular weight excluding hydrogens is 394 g/mol. The van der Waals surface area contributed by atoms with Gasteiger partial charge in [-0.25, -0.2) is 4.98 Å². The van der Waals surface area contributed by atoms with Crippen LogP contribution in [0, 0.1) is 6.92 Å². The number of piperazine rings is 1. The third kappa shape index (κ3) is 4.56. The summed E-state index contributed by atoms with van der Waals surface area (Å²) in [6, 6.07) is 8.00. The molecule has 1 fully saturated rings. The van der Waals surface area contributed by atoms with Gasteiger partial charge in [0.2, 0.25) is 11.8 Å². The lowest BCUT2D eigenvalue weighted by Gasteiger charge is -2.35. The van der Waals surface area contributed by atoms with E-state index in [0.717, 1.165) is 36.7 Å². The van der Waals surface area contributed by atoms with E-state index >= 15 is 0 Å². The number of nitrogens with one attached hydrogen (secondary N) is 1. The van der Waals surface area contributed by atoms with Gasteiger partial charge in [-0.1, -0.05) is 19.1 Å². The van der Waals surface area contributed by atoms with Crippen LogP contribution in [-0.4, -0.2) is 64.2 Å². The minimum absolute atomic E-state index is 0.188. The Morgan fingerprint density at radius 3 is 2.48 bits per heavy atom. The molecule has 3 heterocycles. The Morgan fingerprint density at radius 2 is 1.81 bits per heavy atom. The fraction of sp³-hybridized carbons (Fsp3) is 0.409. The van der Waals surface area contributed by atoms with E-state index in [1.807, 2.05) is 50.1 Å². The average Bonchev–Trinajstić information content (AvgIpc) is 3.30. The van der Waals surface area contributed by atoms with E-state index in [1.165, 1.54) is 5.56 Å². The number of rotatable bonds is 6. The number of hydrogen-bond donors (Lipinski definition) is 1. The Morgan fingerprint density at radius 1 is 1.10 bits per heavy atom. The van der Waals surface area contributed by atoms with Gasteiger partial charge in [0.25, 0.3) is 5.89 Å². The van der Waals surface area contributed by atoms with Crippen LogP contribution in [0.2, 0.25) is 0 Å². The van der Waals surface area contributed by atoms with E-state index in [4.69, 9.17) is 9.40 Å². The number of amides is 1. The van der Waals surface area contributed by atoms with E-state index in [-0.39, 0.29) is 5.91 Å². The molecule has 0 radical (unpaired) electrons. The van der Waals surface area contributed by atoms with Gasteiger partial charge in [0.05, 0.1) is 11.9 Å². The van der Waals surface area contributed by atoms with Crippen LogP contribution in [0.4, 0.5) is 5.82 Å². The molecule has 1 aliphatic heterocycles. The van der Waals surface area contributed by atoms with Crippen molar-refractivity contribution in [3.8, 4) is 23.0 Å². The highest BCUT2D eigenvalue weighted by molar-refractivity contribution is 5.76. The second-order valence-electron chi connectivity index (χ2n) is 7.52. The molecule has 1 aliphatic rings. The van der Waals surface area contributed by atoms with Crippen molar-refractivity contribution in [2.75, 3.05) is 38.1 Å². The molecule has 1 aromatic carbocycles. The van der Waals surface area contributed by atoms with Gasteiger partial charge < -0.3 is 19.5 Å². The third-order valence-corrected chi connectivity index (χ3v) is 5.41. The molecule has 0 atom stereocenters. The maximum atomic E-state index is 11.9. The molecule has 1 saturated heterocycles. The van der Waals surface area contributed by atoms with E-state index < -0.39 is 0 Å². The summed E-state index contributed by atoms with van der Waals surface area (Å²) < 4.78 is 5.93. The molecule has 1 amide bonds. The van der Waals surface area contributed by atoms with Crippen LogP contribution in [0.3, 0.4) is 0 Å². The van der Waals surface area contributed by atoms with Gasteiger partial charge in [-0.3, -0.25) is 9.78 Å². The van der Waals surface area contributed by atoms with Gasteiger partial charge in [-0.15, -0.1) is 10.2 Å². The zero-order chi connectivity index (χ0) is 21.8. The van der Waals surface area contributed by atoms with Crippen molar-refractivity contribution in [1.29, 1.82) is 0 Å². The zero-order valence-electron chi connectivity index (χ0n) is 18.1. The van der Waals surface area contributed by atoms with Crippen LogP contribution in [0.1, 0.15) is 24.6 Å². The van der Waals surface area contributed by atoms with E-state index in [1.54, 1.807) is 6.20 Å². The fourth-order valence-corrected chi connectivity index (χ4v) is 3.61. The quantitative estimate of drug-likeness (QED) is 0.647. The molecule has 3 aromatic rings. The van der Waals surface area contributed by atoms with Crippen molar-refractivity contribution in [2.24, 2.45) is 0 Å². The molecule has 4 rings (SSSR count). The van der Waals surface area contributed by atoms with Crippen LogP contribution in [0.15, 0.2) is 34.9 Å². The summed E-state index contributed by atoms with van der Waals surface area (Å²) in [7, 11) is 1.92. The second-order valence-corrected chi connectivity index (χ2v) is 7.52. The van der Waals surface area contributed by atoms with Crippen molar-refractivity contribution in [2.45, 2.75) is 26.8 Å². The SMILES string of the molecule is CCC(=O)N1CCN(c2cnc(C)c(-c3nnc(-c4ccc(CNC)cc4)o3)n2)CC1. The van der Waals surface area contributed by atoms with Gasteiger partial charge in [-0.2, -0.15) is 0 Å². The van der Waals surface area contributed by atoms with Crippen molar-refractivity contribution in [1.82, 2.24) is 30.4 Å². The molecule has 31 heavy (non-hydrogen) atoms. The number of carbonyl (C=O) groups excluding carboxylic acids is 1. The first-order valence-electron chi connectivity index (χ1n) is 10.5. The van der Waals surface area contributed by atoms with Gasteiger partial charge >= 0.3 is 0 Å². The number of carbonyl (C=O) groups is 1. The predicted octanol–water partition coefficient (Wildman–Crippen LogP) is 2.28. The van der Waals surface area contributed by atoms with Crippen molar-refractivity contribution < 1.29 is 9.21 Å². The number of benzene rings is 1. The summed E-state index contributed by atoms with van der Waals surface area (Å²) in [5.74, 6) is 1.73. The molecule has 0 saturated carbocycles. The molecule has 0 aliphatic carbocycles. The van der Waals surface area contributed by atoms with Gasteiger partial charge in [0.15, 0.2) is 5.69 Å². The van der Waals surface area contributed by atoms with Gasteiger partial charge in [0, 0.05) is 44.7 Å². The molecule has 1 N–H and O–H groups in total. The topological polar surface area (TPSA) is 100 Å². The Hall–Kier alpha value is -3.33. The summed E-state index contributed by atoms with van der Waals surface area (Å²) in [5.41, 5.74) is 3.34. The van der Waals surface area contributed by atoms with E-state index in [9.17, 15) is 4.79 Å². The van der Waals surface area contributed by atoms with Crippen LogP contribution < -0.4 is 10.2 Å². The largest absolute Gasteiger partial charge is 0.415 e. The van der Waals surface area contributed by atoms with Crippen LogP contribution in [0.5, 0.6) is 0 Å². The molecule has 2 aromatic heterocycles. The van der Waals surface area contributed by atoms with Crippen molar-refractivity contribution in [3.05, 3.63) is 41.7 Å². The first-order valence-corrected chi connectivity index (χ1v) is 10.5. The number of anilines is 1. The van der Waals surface area contributed by atoms with Crippen molar-refractivity contribution in [3.63, 3.8) is 0 Å². The second kappa shape index (κ2) is 9.22. The minimum atomic E-state index is 0.188. The van der Waals surface area contributed by atoms with Crippen LogP contribution in [-0.2, 0) is 11.3 Å². The Balaban J connectivity index is 1.52. The summed E-state index contributed by atoms with van der Waals surface area (Å²) in [6.07, 6.45) is 2.29. The van der Waals surface area contributed by atoms with Crippen molar-refractivity contribution >= 4 is 11.7 Å². The lowest BCUT2D eigenvalue weighted by Crippen LogP contribution is -2.48. The minimum Gasteiger partial charge on any atom is -0.415 e. The molecule has 0 spiro atoms. The fourth-order valence-electron chi connectivity index (χ4n) is 3.61. The maximum absolute atomic E-state index is 11.9. The van der Waals surface area contributed by atoms with Crippen LogP contribution >= 0.6 is 0 Å². The average molecular weight is 422 g/mol. The number of aryl methyl sites for hydroxylation is 1. The first kappa shape index (κ1) is 20.9. The number of aromatic nitrogens is 4. The highest BCUT2D eigenvalue weighted by Gasteiger charge is 2.23. The Kier molecular flexibility index (Phi) is 6.22. The molecule has 0 unspecified atom stereocenters. The number of nitrogens with zero attached hydrogens (tertiary/aromatic N) is 6. The molecule has 9 heteroatoms. The lowest BCUT2D eigenvalue weighted by atomic mass is 10.1. The van der Waals surface area contributed by atoms with Crippen LogP contribution in [0.25, 0.3) is 23.0 Å². The first-order chi connectivity index (χ1) is 15.1. The summed E-state index contributed by atoms with van der Waals surface area (Å²) in [6.45, 7) is 7.38. The molecule has 0 bridgehead atoms. The zero-order valence-corrected chi connectivity index (χ0v) is 18.1. The summed E-state index contributed by atoms with van der Waals surface area (Å²) in [5, 5.41) is 11.5. The predicted molar refractivity (Wildman–Crippen MR) is 117 cm³/mol. The highest BCUT2D eigenvalue weighted by atomic mass is 16.4. The lowest BCUT2D eigenvalue weighted by molar-refractivity contribution is -0.131. The molecular formula is C22H27N7O2.